The molecule has 2 rings (SSSR count). The number of aromatic nitrogens is 2. The Morgan fingerprint density at radius 3 is 2.15 bits per heavy atom. The molecule has 1 aromatic carbocycles. The Balaban J connectivity index is 2.24. The molecule has 0 saturated heterocycles. The highest BCUT2D eigenvalue weighted by molar-refractivity contribution is 5.94. The number of hydrogen-bond acceptors (Lipinski definition) is 8. The Hall–Kier alpha value is -3.97. The number of aromatic hydroxyl groups is 1. The molecule has 0 aliphatic heterocycles. The highest BCUT2D eigenvalue weighted by atomic mass is 16.4. The average Bonchev–Trinajstić information content (AvgIpc) is 3.45. The molecule has 0 bridgehead atoms. The van der Waals surface area contributed by atoms with Crippen LogP contribution in [-0.4, -0.2) is 74.6 Å². The first-order chi connectivity index (χ1) is 19.0. The number of benzene rings is 1. The van der Waals surface area contributed by atoms with Gasteiger partial charge in [-0.25, -0.2) is 9.78 Å². The summed E-state index contributed by atoms with van der Waals surface area (Å²) < 4.78 is 0. The third kappa shape index (κ3) is 10.3. The number of carboxylic acid groups (broad SMARTS) is 1. The van der Waals surface area contributed by atoms with Crippen LogP contribution < -0.4 is 27.4 Å². The zero-order valence-electron chi connectivity index (χ0n) is 22.9. The predicted octanol–water partition coefficient (Wildman–Crippen LogP) is -0.0581. The van der Waals surface area contributed by atoms with Crippen molar-refractivity contribution in [3.63, 3.8) is 0 Å². The van der Waals surface area contributed by atoms with Gasteiger partial charge in [0.15, 0.2) is 0 Å². The van der Waals surface area contributed by atoms with Crippen LogP contribution in [0.2, 0.25) is 0 Å². The fourth-order valence-corrected chi connectivity index (χ4v) is 3.98. The Bertz CT molecular complexity index is 1090. The summed E-state index contributed by atoms with van der Waals surface area (Å²) in [5.74, 6) is -3.15. The van der Waals surface area contributed by atoms with Gasteiger partial charge in [0.05, 0.1) is 12.4 Å². The number of phenolic OH excluding ortho intramolecular Hbond substituents is 1. The van der Waals surface area contributed by atoms with Gasteiger partial charge in [0, 0.05) is 24.7 Å². The summed E-state index contributed by atoms with van der Waals surface area (Å²) in [6.07, 6.45) is 4.87. The van der Waals surface area contributed by atoms with Crippen LogP contribution in [-0.2, 0) is 32.0 Å². The smallest absolute Gasteiger partial charge is 0.326 e. The normalized spacial score (nSPS) is 14.8. The van der Waals surface area contributed by atoms with E-state index >= 15 is 0 Å². The Kier molecular flexibility index (Phi) is 13.1. The van der Waals surface area contributed by atoms with Gasteiger partial charge < -0.3 is 42.6 Å². The number of H-pyrrole nitrogens is 1. The molecule has 1 heterocycles. The van der Waals surface area contributed by atoms with Crippen molar-refractivity contribution in [2.45, 2.75) is 76.5 Å². The summed E-state index contributed by atoms with van der Waals surface area (Å²) in [5.41, 5.74) is 12.9. The number of imidazole rings is 1. The van der Waals surface area contributed by atoms with E-state index in [0.29, 0.717) is 37.1 Å². The maximum absolute atomic E-state index is 13.5. The number of aromatic amines is 1. The molecule has 0 spiro atoms. The van der Waals surface area contributed by atoms with Crippen molar-refractivity contribution in [2.75, 3.05) is 6.54 Å². The number of amides is 3. The molecule has 40 heavy (non-hydrogen) atoms. The zero-order chi connectivity index (χ0) is 29.7. The summed E-state index contributed by atoms with van der Waals surface area (Å²) >= 11 is 0. The number of hydrogen-bond donors (Lipinski definition) is 8. The van der Waals surface area contributed by atoms with E-state index in [1.807, 2.05) is 13.8 Å². The minimum atomic E-state index is -1.26. The van der Waals surface area contributed by atoms with Gasteiger partial charge in [0.25, 0.3) is 0 Å². The van der Waals surface area contributed by atoms with Gasteiger partial charge in [-0.2, -0.15) is 0 Å². The topological polar surface area (TPSA) is 226 Å². The summed E-state index contributed by atoms with van der Waals surface area (Å²) in [4.78, 5) is 58.1. The van der Waals surface area contributed by atoms with E-state index in [9.17, 15) is 29.4 Å². The number of carbonyl (C=O) groups excluding carboxylic acids is 3. The minimum Gasteiger partial charge on any atom is -0.508 e. The number of carbonyl (C=O) groups is 4. The summed E-state index contributed by atoms with van der Waals surface area (Å²) in [6.45, 7) is 4.12. The van der Waals surface area contributed by atoms with Crippen LogP contribution in [0.4, 0.5) is 0 Å². The van der Waals surface area contributed by atoms with Crippen LogP contribution >= 0.6 is 0 Å². The van der Waals surface area contributed by atoms with E-state index in [2.05, 4.69) is 25.9 Å². The first-order valence-corrected chi connectivity index (χ1v) is 13.4. The van der Waals surface area contributed by atoms with Crippen molar-refractivity contribution in [1.82, 2.24) is 25.9 Å². The molecule has 1 aromatic heterocycles. The Labute approximate surface area is 233 Å². The molecule has 3 amide bonds. The second kappa shape index (κ2) is 16.2. The number of nitrogens with one attached hydrogen (secondary N) is 4. The van der Waals surface area contributed by atoms with Crippen molar-refractivity contribution in [3.05, 3.63) is 48.0 Å². The van der Waals surface area contributed by atoms with E-state index in [-0.39, 0.29) is 30.9 Å². The first kappa shape index (κ1) is 32.2. The monoisotopic (exact) mass is 559 g/mol. The van der Waals surface area contributed by atoms with Crippen molar-refractivity contribution in [3.8, 4) is 5.75 Å². The maximum atomic E-state index is 13.5. The highest BCUT2D eigenvalue weighted by Crippen LogP contribution is 2.13. The quantitative estimate of drug-likeness (QED) is 0.121. The fraction of sp³-hybridized carbons (Fsp3) is 0.519. The van der Waals surface area contributed by atoms with E-state index < -0.39 is 47.9 Å². The first-order valence-electron chi connectivity index (χ1n) is 13.4. The van der Waals surface area contributed by atoms with Crippen LogP contribution in [0, 0.1) is 5.92 Å². The molecule has 0 aliphatic rings. The fourth-order valence-electron chi connectivity index (χ4n) is 3.98. The molecule has 13 heteroatoms. The lowest BCUT2D eigenvalue weighted by Crippen LogP contribution is -2.58. The second-order valence-corrected chi connectivity index (χ2v) is 9.87. The van der Waals surface area contributed by atoms with E-state index in [1.54, 1.807) is 12.1 Å². The number of carboxylic acids is 1. The minimum absolute atomic E-state index is 0.0302. The predicted molar refractivity (Wildman–Crippen MR) is 148 cm³/mol. The molecule has 0 aliphatic carbocycles. The average molecular weight is 560 g/mol. The molecular formula is C27H41N7O6. The number of rotatable bonds is 17. The number of nitrogens with two attached hydrogens (primary N) is 2. The largest absolute Gasteiger partial charge is 0.508 e. The number of aliphatic carboxylic acids is 1. The van der Waals surface area contributed by atoms with Crippen LogP contribution in [0.1, 0.15) is 50.8 Å². The van der Waals surface area contributed by atoms with E-state index in [1.165, 1.54) is 24.7 Å². The van der Waals surface area contributed by atoms with Crippen molar-refractivity contribution in [2.24, 2.45) is 17.4 Å². The molecule has 0 fully saturated rings. The molecule has 13 nitrogen and oxygen atoms in total. The molecular weight excluding hydrogens is 518 g/mol. The molecule has 0 radical (unpaired) electrons. The SMILES string of the molecule is CCC(C)C(N)C(=O)NC(Cc1ccc(O)cc1)C(=O)NC(CCCCN)C(=O)NC(Cc1cnc[nH]1)C(=O)O. The lowest BCUT2D eigenvalue weighted by atomic mass is 9.98. The van der Waals surface area contributed by atoms with Crippen LogP contribution in [0.5, 0.6) is 5.75 Å². The standard InChI is InChI=1S/C27H41N7O6/c1-3-16(2)23(29)26(38)33-21(12-17-7-9-19(35)10-8-17)25(37)32-20(6-4-5-11-28)24(36)34-22(27(39)40)13-18-14-30-15-31-18/h7-10,14-16,20-23,35H,3-6,11-13,28-29H2,1-2H3,(H,30,31)(H,32,37)(H,33,38)(H,34,36)(H,39,40). The van der Waals surface area contributed by atoms with Gasteiger partial charge in [0.2, 0.25) is 17.7 Å². The number of nitrogens with zero attached hydrogens (tertiary/aromatic N) is 1. The van der Waals surface area contributed by atoms with Crippen LogP contribution in [0.15, 0.2) is 36.8 Å². The van der Waals surface area contributed by atoms with Gasteiger partial charge in [-0.15, -0.1) is 0 Å². The molecule has 5 unspecified atom stereocenters. The molecule has 10 N–H and O–H groups in total. The summed E-state index contributed by atoms with van der Waals surface area (Å²) in [5, 5.41) is 27.2. The Morgan fingerprint density at radius 2 is 1.57 bits per heavy atom. The van der Waals surface area contributed by atoms with Gasteiger partial charge >= 0.3 is 5.97 Å². The van der Waals surface area contributed by atoms with E-state index in [4.69, 9.17) is 11.5 Å². The Morgan fingerprint density at radius 1 is 0.950 bits per heavy atom. The van der Waals surface area contributed by atoms with E-state index in [0.717, 1.165) is 0 Å². The molecule has 0 saturated carbocycles. The zero-order valence-corrected chi connectivity index (χ0v) is 22.9. The third-order valence-corrected chi connectivity index (χ3v) is 6.74. The molecule has 2 aromatic rings. The van der Waals surface area contributed by atoms with Crippen LogP contribution in [0.25, 0.3) is 0 Å². The van der Waals surface area contributed by atoms with Gasteiger partial charge in [0.1, 0.15) is 23.9 Å². The van der Waals surface area contributed by atoms with Crippen molar-refractivity contribution < 1.29 is 29.4 Å². The number of unbranched alkanes of at least 4 members (excludes halogenated alkanes) is 1. The highest BCUT2D eigenvalue weighted by Gasteiger charge is 2.31. The second-order valence-electron chi connectivity index (χ2n) is 9.87. The van der Waals surface area contributed by atoms with Crippen molar-refractivity contribution >= 4 is 23.7 Å². The maximum Gasteiger partial charge on any atom is 0.326 e. The number of phenols is 1. The summed E-state index contributed by atoms with van der Waals surface area (Å²) in [6, 6.07) is 1.90. The lowest BCUT2D eigenvalue weighted by molar-refractivity contribution is -0.142. The van der Waals surface area contributed by atoms with Gasteiger partial charge in [-0.05, 0) is 49.4 Å². The third-order valence-electron chi connectivity index (χ3n) is 6.74. The van der Waals surface area contributed by atoms with Gasteiger partial charge in [-0.3, -0.25) is 14.4 Å². The lowest BCUT2D eigenvalue weighted by Gasteiger charge is -2.26. The van der Waals surface area contributed by atoms with Gasteiger partial charge in [-0.1, -0.05) is 32.4 Å². The molecule has 5 atom stereocenters. The summed E-state index contributed by atoms with van der Waals surface area (Å²) in [7, 11) is 0. The molecule has 220 valence electrons. The van der Waals surface area contributed by atoms with Crippen LogP contribution in [0.3, 0.4) is 0 Å². The van der Waals surface area contributed by atoms with Crippen molar-refractivity contribution in [1.29, 1.82) is 0 Å².